The van der Waals surface area contributed by atoms with Gasteiger partial charge in [0, 0.05) is 38.0 Å². The first-order valence-corrected chi connectivity index (χ1v) is 25.0. The number of nitrogens with two attached hydrogens (primary N) is 2. The van der Waals surface area contributed by atoms with Crippen LogP contribution in [0.25, 0.3) is 0 Å². The van der Waals surface area contributed by atoms with E-state index in [-0.39, 0.29) is 54.0 Å². The molecule has 370 valence electrons. The molecule has 2 heterocycles. The summed E-state index contributed by atoms with van der Waals surface area (Å²) in [6, 6.07) is 15.6. The van der Waals surface area contributed by atoms with Crippen molar-refractivity contribution >= 4 is 35.6 Å². The fourth-order valence-corrected chi connectivity index (χ4v) is 13.5. The average Bonchev–Trinajstić information content (AvgIpc) is 3.99. The van der Waals surface area contributed by atoms with Gasteiger partial charge in [0.1, 0.15) is 18.2 Å². The summed E-state index contributed by atoms with van der Waals surface area (Å²) in [4.78, 5) is 72.5. The number of hydrogen-bond acceptors (Lipinski definition) is 9. The van der Waals surface area contributed by atoms with Gasteiger partial charge < -0.3 is 52.1 Å². The van der Waals surface area contributed by atoms with E-state index in [1.807, 2.05) is 67.8 Å². The SMILES string of the molecule is CO[C@H]1CC[C@@]2(C)[C@@H](CC[C@@H]3[C@@H]2CC[C@@]2(C)[C@H]3C[C@H](C(=O)N[C@@H](CCCN=C(N)N)C(=O)N[C@H](c3ccccc3)[C@H]3C[C@@H]3C(=O)N[C@@H](CC(=O)O)C(=O)NCc3ccccc3)O[C@@]23CCCO3)C1. The first-order chi connectivity index (χ1) is 32.6. The second kappa shape index (κ2) is 20.9. The number of benzene rings is 2. The molecule has 8 rings (SSSR count). The Bertz CT molecular complexity index is 2150. The van der Waals surface area contributed by atoms with Crippen LogP contribution in [0.4, 0.5) is 0 Å². The van der Waals surface area contributed by atoms with E-state index < -0.39 is 66.0 Å². The normalized spacial score (nSPS) is 33.8. The summed E-state index contributed by atoms with van der Waals surface area (Å²) in [6.45, 7) is 5.84. The molecule has 4 aliphatic carbocycles. The highest BCUT2D eigenvalue weighted by atomic mass is 16.7. The van der Waals surface area contributed by atoms with E-state index in [9.17, 15) is 29.1 Å². The molecule has 2 aliphatic heterocycles. The van der Waals surface area contributed by atoms with E-state index in [1.54, 1.807) is 0 Å². The Hall–Kier alpha value is -5.06. The standard InChI is InChI=1S/C52H73N7O9/c1-50-22-19-34(66-3)26-33(50)17-18-35-38(50)20-23-51(2)39(35)28-42(68-52(51)21-11-25-67-52)48(65)57-40(16-10-24-55-49(53)54)47(64)59-44(32-14-8-5-9-15-32)36-27-37(36)45(62)58-41(29-43(60)61)46(63)56-30-31-12-6-4-7-13-31/h4-9,12-15,33-42,44H,10-11,16-30H2,1-3H3,(H,56,63)(H,57,65)(H,58,62)(H,59,64)(H,60,61)(H4,53,54,55)/t33-,34-,35+,36-,37-,38-,39-,40-,41-,42+,44+,50-,51-,52-/m0/s1. The third-order valence-corrected chi connectivity index (χ3v) is 17.2. The molecule has 14 atom stereocenters. The molecule has 16 heteroatoms. The van der Waals surface area contributed by atoms with Crippen molar-refractivity contribution < 1.29 is 43.3 Å². The van der Waals surface area contributed by atoms with Crippen LogP contribution in [-0.2, 0) is 44.7 Å². The summed E-state index contributed by atoms with van der Waals surface area (Å²) in [5, 5.41) is 21.4. The molecular formula is C52H73N7O9. The van der Waals surface area contributed by atoms with Crippen molar-refractivity contribution in [2.24, 2.45) is 62.8 Å². The number of nitrogens with zero attached hydrogens (tertiary/aromatic N) is 1. The third kappa shape index (κ3) is 10.4. The largest absolute Gasteiger partial charge is 0.481 e. The lowest BCUT2D eigenvalue weighted by Gasteiger charge is -2.66. The van der Waals surface area contributed by atoms with E-state index >= 15 is 0 Å². The van der Waals surface area contributed by atoms with Crippen molar-refractivity contribution in [2.75, 3.05) is 20.3 Å². The molecule has 16 nitrogen and oxygen atoms in total. The first-order valence-electron chi connectivity index (χ1n) is 25.0. The minimum absolute atomic E-state index is 0.0718. The first kappa shape index (κ1) is 49.4. The number of carboxylic acid groups (broad SMARTS) is 1. The topological polar surface area (TPSA) is 246 Å². The molecule has 68 heavy (non-hydrogen) atoms. The van der Waals surface area contributed by atoms with E-state index in [1.165, 1.54) is 0 Å². The predicted molar refractivity (Wildman–Crippen MR) is 254 cm³/mol. The van der Waals surface area contributed by atoms with Crippen LogP contribution in [0.15, 0.2) is 65.7 Å². The zero-order valence-corrected chi connectivity index (χ0v) is 40.0. The summed E-state index contributed by atoms with van der Waals surface area (Å²) >= 11 is 0. The van der Waals surface area contributed by atoms with Gasteiger partial charge in [0.05, 0.1) is 25.2 Å². The Morgan fingerprint density at radius 1 is 0.838 bits per heavy atom. The molecule has 0 radical (unpaired) electrons. The summed E-state index contributed by atoms with van der Waals surface area (Å²) < 4.78 is 19.5. The minimum Gasteiger partial charge on any atom is -0.481 e. The Morgan fingerprint density at radius 3 is 2.26 bits per heavy atom. The number of fused-ring (bicyclic) bond motifs is 6. The van der Waals surface area contributed by atoms with Gasteiger partial charge in [-0.05, 0) is 123 Å². The molecule has 2 aromatic carbocycles. The molecule has 1 spiro atoms. The van der Waals surface area contributed by atoms with E-state index in [2.05, 4.69) is 40.1 Å². The minimum atomic E-state index is -1.30. The highest BCUT2D eigenvalue weighted by Crippen LogP contribution is 2.68. The van der Waals surface area contributed by atoms with Crippen molar-refractivity contribution in [2.45, 2.75) is 146 Å². The molecule has 4 saturated carbocycles. The van der Waals surface area contributed by atoms with Crippen LogP contribution in [0, 0.1) is 46.3 Å². The van der Waals surface area contributed by atoms with Crippen LogP contribution >= 0.6 is 0 Å². The number of aliphatic imine (C=N–C) groups is 1. The zero-order valence-electron chi connectivity index (χ0n) is 40.0. The van der Waals surface area contributed by atoms with Crippen LogP contribution in [0.5, 0.6) is 0 Å². The van der Waals surface area contributed by atoms with Gasteiger partial charge in [0.25, 0.3) is 0 Å². The van der Waals surface area contributed by atoms with Crippen LogP contribution in [0.3, 0.4) is 0 Å². The number of methoxy groups -OCH3 is 1. The van der Waals surface area contributed by atoms with E-state index in [0.717, 1.165) is 62.5 Å². The molecule has 6 aliphatic rings. The summed E-state index contributed by atoms with van der Waals surface area (Å²) in [5.74, 6) is -3.31. The van der Waals surface area contributed by atoms with Gasteiger partial charge >= 0.3 is 5.97 Å². The summed E-state index contributed by atoms with van der Waals surface area (Å²) in [6.07, 6.45) is 9.64. The third-order valence-electron chi connectivity index (χ3n) is 17.2. The van der Waals surface area contributed by atoms with Gasteiger partial charge in [0.2, 0.25) is 23.6 Å². The van der Waals surface area contributed by atoms with E-state index in [0.29, 0.717) is 56.1 Å². The maximum absolute atomic E-state index is 14.8. The lowest BCUT2D eigenvalue weighted by Crippen LogP contribution is -2.66. The number of nitrogens with one attached hydrogen (secondary N) is 4. The maximum Gasteiger partial charge on any atom is 0.305 e. The van der Waals surface area contributed by atoms with Gasteiger partial charge in [0.15, 0.2) is 11.7 Å². The number of ether oxygens (including phenoxy) is 3. The van der Waals surface area contributed by atoms with Crippen molar-refractivity contribution in [3.8, 4) is 0 Å². The lowest BCUT2D eigenvalue weighted by molar-refractivity contribution is -0.348. The molecule has 4 amide bonds. The van der Waals surface area contributed by atoms with Crippen molar-refractivity contribution in [1.29, 1.82) is 0 Å². The Balaban J connectivity index is 0.985. The Kier molecular flexibility index (Phi) is 15.2. The van der Waals surface area contributed by atoms with E-state index in [4.69, 9.17) is 25.7 Å². The number of carbonyl (C=O) groups is 5. The molecule has 0 bridgehead atoms. The number of rotatable bonds is 18. The number of amides is 4. The van der Waals surface area contributed by atoms with Gasteiger partial charge in [-0.2, -0.15) is 0 Å². The maximum atomic E-state index is 14.8. The fraction of sp³-hybridized carbons (Fsp3) is 0.654. The molecule has 2 saturated heterocycles. The second-order valence-electron chi connectivity index (χ2n) is 21.1. The smallest absolute Gasteiger partial charge is 0.305 e. The number of carbonyl (C=O) groups excluding carboxylic acids is 4. The van der Waals surface area contributed by atoms with Crippen LogP contribution in [-0.4, -0.2) is 91.0 Å². The lowest BCUT2D eigenvalue weighted by atomic mass is 9.42. The fourth-order valence-electron chi connectivity index (χ4n) is 13.5. The molecule has 6 fully saturated rings. The van der Waals surface area contributed by atoms with Crippen LogP contribution in [0.2, 0.25) is 0 Å². The van der Waals surface area contributed by atoms with Gasteiger partial charge in [-0.1, -0.05) is 74.5 Å². The predicted octanol–water partition coefficient (Wildman–Crippen LogP) is 4.85. The summed E-state index contributed by atoms with van der Waals surface area (Å²) in [7, 11) is 1.84. The van der Waals surface area contributed by atoms with Crippen molar-refractivity contribution in [1.82, 2.24) is 21.3 Å². The quantitative estimate of drug-likeness (QED) is 0.0605. The summed E-state index contributed by atoms with van der Waals surface area (Å²) in [5.41, 5.74) is 12.8. The highest BCUT2D eigenvalue weighted by molar-refractivity contribution is 5.93. The molecule has 0 unspecified atom stereocenters. The number of aliphatic carboxylic acids is 1. The molecule has 2 aromatic rings. The van der Waals surface area contributed by atoms with Crippen LogP contribution in [0.1, 0.15) is 121 Å². The monoisotopic (exact) mass is 940 g/mol. The van der Waals surface area contributed by atoms with Crippen molar-refractivity contribution in [3.63, 3.8) is 0 Å². The highest BCUT2D eigenvalue weighted by Gasteiger charge is 2.67. The Morgan fingerprint density at radius 2 is 1.57 bits per heavy atom. The van der Waals surface area contributed by atoms with Gasteiger partial charge in [-0.25, -0.2) is 0 Å². The molecule has 0 aromatic heterocycles. The van der Waals surface area contributed by atoms with Crippen molar-refractivity contribution in [3.05, 3.63) is 71.8 Å². The zero-order chi connectivity index (χ0) is 48.2. The number of carboxylic acids is 1. The van der Waals surface area contributed by atoms with Gasteiger partial charge in [-0.15, -0.1) is 0 Å². The molecule has 9 N–H and O–H groups in total. The average molecular weight is 940 g/mol. The Labute approximate surface area is 400 Å². The number of guanidine groups is 1. The molecular weight excluding hydrogens is 867 g/mol. The van der Waals surface area contributed by atoms with Gasteiger partial charge in [-0.3, -0.25) is 29.0 Å². The number of hydrogen-bond donors (Lipinski definition) is 7. The second-order valence-corrected chi connectivity index (χ2v) is 21.1. The van der Waals surface area contributed by atoms with Crippen LogP contribution < -0.4 is 32.7 Å².